The van der Waals surface area contributed by atoms with Gasteiger partial charge < -0.3 is 10.1 Å². The molecule has 0 aromatic heterocycles. The average Bonchev–Trinajstić information content (AvgIpc) is 3.23. The predicted molar refractivity (Wildman–Crippen MR) is 72.8 cm³/mol. The van der Waals surface area contributed by atoms with Gasteiger partial charge in [0, 0.05) is 0 Å². The van der Waals surface area contributed by atoms with E-state index < -0.39 is 23.5 Å². The SMILES string of the molecule is COc1ccc(C(NC(=O)C23CC2C3)C(F)(F)F)cc1Br. The summed E-state index contributed by atoms with van der Waals surface area (Å²) in [6, 6.07) is 2.09. The maximum absolute atomic E-state index is 13.2. The fourth-order valence-corrected chi connectivity index (χ4v) is 3.12. The molecule has 0 radical (unpaired) electrons. The summed E-state index contributed by atoms with van der Waals surface area (Å²) in [7, 11) is 1.43. The van der Waals surface area contributed by atoms with Crippen LogP contribution in [0.1, 0.15) is 24.4 Å². The van der Waals surface area contributed by atoms with Crippen LogP contribution in [-0.2, 0) is 4.79 Å². The van der Waals surface area contributed by atoms with Crippen molar-refractivity contribution < 1.29 is 22.7 Å². The number of amides is 1. The zero-order chi connectivity index (χ0) is 15.4. The van der Waals surface area contributed by atoms with E-state index in [1.165, 1.54) is 25.3 Å². The quantitative estimate of drug-likeness (QED) is 0.887. The summed E-state index contributed by atoms with van der Waals surface area (Å²) in [4.78, 5) is 12.0. The van der Waals surface area contributed by atoms with Crippen LogP contribution in [0.3, 0.4) is 0 Å². The highest BCUT2D eigenvalue weighted by atomic mass is 79.9. The highest BCUT2D eigenvalue weighted by molar-refractivity contribution is 9.10. The molecule has 3 rings (SSSR count). The van der Waals surface area contributed by atoms with Gasteiger partial charge in [-0.3, -0.25) is 4.79 Å². The number of carbonyl (C=O) groups is 1. The Morgan fingerprint density at radius 3 is 2.52 bits per heavy atom. The number of carbonyl (C=O) groups excluding carboxylic acids is 1. The number of nitrogens with one attached hydrogen (secondary N) is 1. The Labute approximate surface area is 128 Å². The number of ether oxygens (including phenoxy) is 1. The lowest BCUT2D eigenvalue weighted by atomic mass is 10.0. The van der Waals surface area contributed by atoms with Crippen LogP contribution in [0, 0.1) is 11.3 Å². The van der Waals surface area contributed by atoms with Crippen LogP contribution in [0.25, 0.3) is 0 Å². The standard InChI is InChI=1S/C14H13BrF3NO2/c1-21-10-3-2-7(4-9(10)15)11(14(16,17)18)19-12(20)13-5-8(13)6-13/h2-4,8,11H,5-6H2,1H3,(H,19,20). The molecule has 0 saturated heterocycles. The van der Waals surface area contributed by atoms with Gasteiger partial charge in [-0.1, -0.05) is 6.07 Å². The molecule has 0 spiro atoms. The third-order valence-electron chi connectivity index (χ3n) is 4.25. The van der Waals surface area contributed by atoms with Gasteiger partial charge in [0.25, 0.3) is 0 Å². The average molecular weight is 364 g/mol. The second-order valence-electron chi connectivity index (χ2n) is 5.60. The molecule has 1 aromatic rings. The number of benzene rings is 1. The zero-order valence-corrected chi connectivity index (χ0v) is 12.7. The van der Waals surface area contributed by atoms with Crippen molar-refractivity contribution in [3.8, 4) is 5.75 Å². The molecule has 1 amide bonds. The summed E-state index contributed by atoms with van der Waals surface area (Å²) in [5.74, 6) is 0.254. The zero-order valence-electron chi connectivity index (χ0n) is 11.1. The summed E-state index contributed by atoms with van der Waals surface area (Å²) < 4.78 is 45.1. The highest BCUT2D eigenvalue weighted by Gasteiger charge is 2.74. The van der Waals surface area contributed by atoms with Gasteiger partial charge in [0.05, 0.1) is 17.0 Å². The predicted octanol–water partition coefficient (Wildman–Crippen LogP) is 3.59. The van der Waals surface area contributed by atoms with E-state index in [1.54, 1.807) is 0 Å². The van der Waals surface area contributed by atoms with E-state index in [0.29, 0.717) is 16.1 Å². The maximum atomic E-state index is 13.2. The second-order valence-corrected chi connectivity index (χ2v) is 6.46. The Morgan fingerprint density at radius 2 is 2.10 bits per heavy atom. The van der Waals surface area contributed by atoms with Crippen molar-refractivity contribution in [1.29, 1.82) is 0 Å². The molecule has 3 nitrogen and oxygen atoms in total. The monoisotopic (exact) mass is 363 g/mol. The van der Waals surface area contributed by atoms with E-state index >= 15 is 0 Å². The van der Waals surface area contributed by atoms with Crippen molar-refractivity contribution >= 4 is 21.8 Å². The Morgan fingerprint density at radius 1 is 1.48 bits per heavy atom. The normalized spacial score (nSPS) is 27.6. The number of fused-ring (bicyclic) bond motifs is 1. The van der Waals surface area contributed by atoms with Crippen LogP contribution < -0.4 is 10.1 Å². The second kappa shape index (κ2) is 4.63. The van der Waals surface area contributed by atoms with Gasteiger partial charge in [0.1, 0.15) is 5.75 Å². The maximum Gasteiger partial charge on any atom is 0.412 e. The molecule has 1 N–H and O–H groups in total. The van der Waals surface area contributed by atoms with E-state index in [-0.39, 0.29) is 5.56 Å². The smallest absolute Gasteiger partial charge is 0.412 e. The first-order chi connectivity index (χ1) is 9.78. The molecule has 21 heavy (non-hydrogen) atoms. The third kappa shape index (κ3) is 2.52. The van der Waals surface area contributed by atoms with Crippen LogP contribution in [0.2, 0.25) is 0 Å². The van der Waals surface area contributed by atoms with Gasteiger partial charge in [-0.2, -0.15) is 13.2 Å². The molecule has 1 atom stereocenters. The first-order valence-corrected chi connectivity index (χ1v) is 7.28. The molecular formula is C14H13BrF3NO2. The molecule has 2 aliphatic carbocycles. The summed E-state index contributed by atoms with van der Waals surface area (Å²) in [6.07, 6.45) is -3.11. The minimum Gasteiger partial charge on any atom is -0.496 e. The van der Waals surface area contributed by atoms with Gasteiger partial charge in [-0.05, 0) is 52.4 Å². The van der Waals surface area contributed by atoms with Crippen LogP contribution in [0.4, 0.5) is 13.2 Å². The highest BCUT2D eigenvalue weighted by Crippen LogP contribution is 2.75. The van der Waals surface area contributed by atoms with Gasteiger partial charge >= 0.3 is 6.18 Å². The molecule has 0 aliphatic heterocycles. The molecule has 0 bridgehead atoms. The molecule has 2 fully saturated rings. The van der Waals surface area contributed by atoms with Gasteiger partial charge in [0.2, 0.25) is 5.91 Å². The summed E-state index contributed by atoms with van der Waals surface area (Å²) >= 11 is 3.16. The Balaban J connectivity index is 1.85. The van der Waals surface area contributed by atoms with E-state index in [9.17, 15) is 18.0 Å². The first kappa shape index (κ1) is 14.7. The van der Waals surface area contributed by atoms with Crippen molar-refractivity contribution in [2.75, 3.05) is 7.11 Å². The summed E-state index contributed by atoms with van der Waals surface area (Å²) in [6.45, 7) is 0. The van der Waals surface area contributed by atoms with Crippen LogP contribution in [-0.4, -0.2) is 19.2 Å². The van der Waals surface area contributed by atoms with Crippen molar-refractivity contribution in [2.45, 2.75) is 25.1 Å². The molecule has 2 aliphatic rings. The van der Waals surface area contributed by atoms with Crippen molar-refractivity contribution in [2.24, 2.45) is 11.3 Å². The summed E-state index contributed by atoms with van der Waals surface area (Å²) in [5.41, 5.74) is -0.509. The topological polar surface area (TPSA) is 38.3 Å². The Kier molecular flexibility index (Phi) is 3.24. The molecule has 114 valence electrons. The van der Waals surface area contributed by atoms with Gasteiger partial charge in [-0.15, -0.1) is 0 Å². The Bertz CT molecular complexity index is 596. The van der Waals surface area contributed by atoms with Crippen LogP contribution >= 0.6 is 15.9 Å². The van der Waals surface area contributed by atoms with Gasteiger partial charge in [0.15, 0.2) is 6.04 Å². The molecular weight excluding hydrogens is 351 g/mol. The van der Waals surface area contributed by atoms with E-state index in [4.69, 9.17) is 4.74 Å². The van der Waals surface area contributed by atoms with E-state index in [1.807, 2.05) is 0 Å². The third-order valence-corrected chi connectivity index (χ3v) is 4.87. The van der Waals surface area contributed by atoms with E-state index in [0.717, 1.165) is 12.8 Å². The van der Waals surface area contributed by atoms with Crippen LogP contribution in [0.5, 0.6) is 5.75 Å². The number of methoxy groups -OCH3 is 1. The van der Waals surface area contributed by atoms with Crippen molar-refractivity contribution in [1.82, 2.24) is 5.32 Å². The lowest BCUT2D eigenvalue weighted by molar-refractivity contribution is -0.164. The Hall–Kier alpha value is -1.24. The molecule has 1 aromatic carbocycles. The largest absolute Gasteiger partial charge is 0.496 e. The van der Waals surface area contributed by atoms with Crippen LogP contribution in [0.15, 0.2) is 22.7 Å². The molecule has 2 saturated carbocycles. The number of alkyl halides is 3. The fourth-order valence-electron chi connectivity index (χ4n) is 2.56. The van der Waals surface area contributed by atoms with Gasteiger partial charge in [-0.25, -0.2) is 0 Å². The molecule has 0 heterocycles. The lowest BCUT2D eigenvalue weighted by Gasteiger charge is -2.23. The number of hydrogen-bond donors (Lipinski definition) is 1. The number of hydrogen-bond acceptors (Lipinski definition) is 2. The molecule has 7 heteroatoms. The first-order valence-electron chi connectivity index (χ1n) is 6.49. The fraction of sp³-hybridized carbons (Fsp3) is 0.500. The summed E-state index contributed by atoms with van der Waals surface area (Å²) in [5, 5.41) is 2.16. The minimum absolute atomic E-state index is 0.0159. The minimum atomic E-state index is -4.54. The van der Waals surface area contributed by atoms with E-state index in [2.05, 4.69) is 21.2 Å². The lowest BCUT2D eigenvalue weighted by Crippen LogP contribution is -2.40. The van der Waals surface area contributed by atoms with Crippen molar-refractivity contribution in [3.05, 3.63) is 28.2 Å². The number of rotatable bonds is 4. The van der Waals surface area contributed by atoms with Crippen molar-refractivity contribution in [3.63, 3.8) is 0 Å². The number of halogens is 4. The molecule has 1 unspecified atom stereocenters.